The number of anilines is 1. The number of nitrogens with one attached hydrogen (secondary N) is 1. The van der Waals surface area contributed by atoms with Crippen LogP contribution in [-0.4, -0.2) is 16.6 Å². The Morgan fingerprint density at radius 1 is 1.44 bits per heavy atom. The van der Waals surface area contributed by atoms with Gasteiger partial charge in [0.05, 0.1) is 0 Å². The quantitative estimate of drug-likeness (QED) is 0.793. The van der Waals surface area contributed by atoms with Crippen molar-refractivity contribution in [3.63, 3.8) is 0 Å². The molecule has 3 N–H and O–H groups in total. The molecular formula is C11H19N3O2. The first-order valence-corrected chi connectivity index (χ1v) is 5.59. The van der Waals surface area contributed by atoms with E-state index in [0.717, 1.165) is 12.8 Å². The Bertz CT molecular complexity index is 396. The van der Waals surface area contributed by atoms with Crippen molar-refractivity contribution in [2.24, 2.45) is 0 Å². The second-order valence-corrected chi connectivity index (χ2v) is 3.65. The molecule has 0 spiro atoms. The van der Waals surface area contributed by atoms with Crippen molar-refractivity contribution in [3.8, 4) is 0 Å². The summed E-state index contributed by atoms with van der Waals surface area (Å²) in [5.41, 5.74) is 4.79. The van der Waals surface area contributed by atoms with Crippen molar-refractivity contribution in [3.05, 3.63) is 22.2 Å². The maximum absolute atomic E-state index is 11.4. The molecule has 0 bridgehead atoms. The number of aromatic amines is 1. The van der Waals surface area contributed by atoms with Gasteiger partial charge in [-0.3, -0.25) is 4.79 Å². The van der Waals surface area contributed by atoms with Crippen LogP contribution in [0.5, 0.6) is 0 Å². The van der Waals surface area contributed by atoms with Gasteiger partial charge in [-0.1, -0.05) is 13.8 Å². The number of rotatable bonds is 5. The number of hydrogen-bond donors (Lipinski definition) is 2. The number of ether oxygens (including phenoxy) is 1. The number of nitrogen functional groups attached to an aromatic ring is 1. The van der Waals surface area contributed by atoms with E-state index < -0.39 is 5.60 Å². The molecule has 90 valence electrons. The highest BCUT2D eigenvalue weighted by molar-refractivity contribution is 5.26. The molecule has 5 heteroatoms. The topological polar surface area (TPSA) is 81.0 Å². The molecule has 0 aliphatic carbocycles. The van der Waals surface area contributed by atoms with Crippen molar-refractivity contribution < 1.29 is 4.74 Å². The summed E-state index contributed by atoms with van der Waals surface area (Å²) in [6, 6.07) is 1.27. The van der Waals surface area contributed by atoms with E-state index in [4.69, 9.17) is 10.5 Å². The molecule has 0 atom stereocenters. The first-order valence-electron chi connectivity index (χ1n) is 5.59. The zero-order valence-corrected chi connectivity index (χ0v) is 10.0. The minimum absolute atomic E-state index is 0.227. The lowest BCUT2D eigenvalue weighted by atomic mass is 9.96. The van der Waals surface area contributed by atoms with Crippen LogP contribution in [0.3, 0.4) is 0 Å². The van der Waals surface area contributed by atoms with E-state index in [2.05, 4.69) is 9.97 Å². The lowest BCUT2D eigenvalue weighted by Crippen LogP contribution is -2.33. The molecule has 0 radical (unpaired) electrons. The molecule has 0 saturated heterocycles. The summed E-state index contributed by atoms with van der Waals surface area (Å²) in [6.07, 6.45) is 1.48. The van der Waals surface area contributed by atoms with Crippen molar-refractivity contribution >= 4 is 5.82 Å². The van der Waals surface area contributed by atoms with Crippen molar-refractivity contribution in [2.75, 3.05) is 12.3 Å². The summed E-state index contributed by atoms with van der Waals surface area (Å²) < 4.78 is 5.74. The second kappa shape index (κ2) is 5.12. The third-order valence-electron chi connectivity index (χ3n) is 2.76. The number of nitrogens with two attached hydrogens (primary N) is 1. The smallest absolute Gasteiger partial charge is 0.253 e. The van der Waals surface area contributed by atoms with E-state index in [1.54, 1.807) is 0 Å². The van der Waals surface area contributed by atoms with E-state index in [0.29, 0.717) is 12.4 Å². The van der Waals surface area contributed by atoms with Crippen LogP contribution in [0.1, 0.15) is 39.4 Å². The van der Waals surface area contributed by atoms with Crippen molar-refractivity contribution in [1.29, 1.82) is 0 Å². The van der Waals surface area contributed by atoms with Crippen LogP contribution < -0.4 is 11.3 Å². The highest BCUT2D eigenvalue weighted by Crippen LogP contribution is 2.30. The van der Waals surface area contributed by atoms with Gasteiger partial charge in [0.25, 0.3) is 5.56 Å². The number of hydrogen-bond acceptors (Lipinski definition) is 4. The number of H-pyrrole nitrogens is 1. The normalized spacial score (nSPS) is 11.7. The molecule has 0 saturated carbocycles. The maximum atomic E-state index is 11.4. The van der Waals surface area contributed by atoms with Gasteiger partial charge in [0.2, 0.25) is 0 Å². The molecule has 0 aromatic carbocycles. The van der Waals surface area contributed by atoms with Gasteiger partial charge in [-0.15, -0.1) is 0 Å². The van der Waals surface area contributed by atoms with Crippen LogP contribution in [0.25, 0.3) is 0 Å². The second-order valence-electron chi connectivity index (χ2n) is 3.65. The highest BCUT2D eigenvalue weighted by atomic mass is 16.5. The van der Waals surface area contributed by atoms with E-state index in [-0.39, 0.29) is 11.4 Å². The summed E-state index contributed by atoms with van der Waals surface area (Å²) >= 11 is 0. The summed E-state index contributed by atoms with van der Waals surface area (Å²) in [5.74, 6) is 0.745. The first-order chi connectivity index (χ1) is 7.57. The summed E-state index contributed by atoms with van der Waals surface area (Å²) in [5, 5.41) is 0. The Morgan fingerprint density at radius 3 is 2.50 bits per heavy atom. The minimum atomic E-state index is -0.538. The molecule has 0 fully saturated rings. The molecule has 16 heavy (non-hydrogen) atoms. The standard InChI is InChI=1S/C11H19N3O2/c1-4-11(5-2,16-6-3)10-13-8(12)7-9(15)14-10/h7H,4-6H2,1-3H3,(H3,12,13,14,15). The van der Waals surface area contributed by atoms with E-state index in [9.17, 15) is 4.79 Å². The largest absolute Gasteiger partial charge is 0.383 e. The lowest BCUT2D eigenvalue weighted by Gasteiger charge is -2.30. The summed E-state index contributed by atoms with van der Waals surface area (Å²) in [6.45, 7) is 6.50. The van der Waals surface area contributed by atoms with E-state index in [1.165, 1.54) is 6.07 Å². The average molecular weight is 225 g/mol. The molecule has 1 aromatic heterocycles. The van der Waals surface area contributed by atoms with Crippen molar-refractivity contribution in [1.82, 2.24) is 9.97 Å². The zero-order valence-electron chi connectivity index (χ0n) is 10.0. The van der Waals surface area contributed by atoms with Gasteiger partial charge >= 0.3 is 0 Å². The Balaban J connectivity index is 3.24. The van der Waals surface area contributed by atoms with Crippen LogP contribution in [-0.2, 0) is 10.3 Å². The van der Waals surface area contributed by atoms with Gasteiger partial charge in [0.1, 0.15) is 17.2 Å². The SMILES string of the molecule is CCOC(CC)(CC)c1nc(N)cc(=O)[nH]1. The van der Waals surface area contributed by atoms with Gasteiger partial charge < -0.3 is 15.5 Å². The molecule has 1 heterocycles. The Labute approximate surface area is 95.0 Å². The number of nitrogens with zero attached hydrogens (tertiary/aromatic N) is 1. The van der Waals surface area contributed by atoms with Gasteiger partial charge in [0.15, 0.2) is 0 Å². The predicted molar refractivity (Wildman–Crippen MR) is 63.2 cm³/mol. The van der Waals surface area contributed by atoms with Gasteiger partial charge in [-0.25, -0.2) is 4.98 Å². The molecule has 1 aromatic rings. The molecule has 0 aliphatic rings. The molecule has 0 aliphatic heterocycles. The lowest BCUT2D eigenvalue weighted by molar-refractivity contribution is -0.0572. The molecule has 1 rings (SSSR count). The van der Waals surface area contributed by atoms with E-state index in [1.807, 2.05) is 20.8 Å². The summed E-state index contributed by atoms with van der Waals surface area (Å²) in [7, 11) is 0. The Morgan fingerprint density at radius 2 is 2.06 bits per heavy atom. The molecule has 0 amide bonds. The van der Waals surface area contributed by atoms with E-state index >= 15 is 0 Å². The van der Waals surface area contributed by atoms with Crippen LogP contribution in [0.2, 0.25) is 0 Å². The van der Waals surface area contributed by atoms with Crippen LogP contribution >= 0.6 is 0 Å². The molecule has 5 nitrogen and oxygen atoms in total. The Kier molecular flexibility index (Phi) is 4.06. The van der Waals surface area contributed by atoms with Crippen molar-refractivity contribution in [2.45, 2.75) is 39.2 Å². The molecular weight excluding hydrogens is 206 g/mol. The fourth-order valence-electron chi connectivity index (χ4n) is 1.83. The highest BCUT2D eigenvalue weighted by Gasteiger charge is 2.31. The molecule has 0 unspecified atom stereocenters. The number of aromatic nitrogens is 2. The summed E-state index contributed by atoms with van der Waals surface area (Å²) in [4.78, 5) is 18.2. The maximum Gasteiger partial charge on any atom is 0.253 e. The van der Waals surface area contributed by atoms with Crippen LogP contribution in [0, 0.1) is 0 Å². The fourth-order valence-corrected chi connectivity index (χ4v) is 1.83. The zero-order chi connectivity index (χ0) is 12.2. The average Bonchev–Trinajstić information content (AvgIpc) is 2.24. The fraction of sp³-hybridized carbons (Fsp3) is 0.636. The van der Waals surface area contributed by atoms with Gasteiger partial charge in [-0.2, -0.15) is 0 Å². The third-order valence-corrected chi connectivity index (χ3v) is 2.76. The van der Waals surface area contributed by atoms with Crippen LogP contribution in [0.4, 0.5) is 5.82 Å². The van der Waals surface area contributed by atoms with Gasteiger partial charge in [0, 0.05) is 12.7 Å². The Hall–Kier alpha value is -1.36. The monoisotopic (exact) mass is 225 g/mol. The van der Waals surface area contributed by atoms with Crippen LogP contribution in [0.15, 0.2) is 10.9 Å². The predicted octanol–water partition coefficient (Wildman–Crippen LogP) is 1.40. The third kappa shape index (κ3) is 2.41. The minimum Gasteiger partial charge on any atom is -0.383 e. The van der Waals surface area contributed by atoms with Gasteiger partial charge in [-0.05, 0) is 19.8 Å². The first kappa shape index (κ1) is 12.7.